The molecule has 1 aromatic heterocycles. The van der Waals surface area contributed by atoms with E-state index in [0.29, 0.717) is 0 Å². The molecule has 8 heteroatoms. The predicted octanol–water partition coefficient (Wildman–Crippen LogP) is 2.39. The quantitative estimate of drug-likeness (QED) is 0.914. The van der Waals surface area contributed by atoms with Crippen molar-refractivity contribution in [3.8, 4) is 0 Å². The van der Waals surface area contributed by atoms with Crippen molar-refractivity contribution in [1.29, 1.82) is 0 Å². The molecule has 5 nitrogen and oxygen atoms in total. The fourth-order valence-electron chi connectivity index (χ4n) is 3.08. The first kappa shape index (κ1) is 16.5. The summed E-state index contributed by atoms with van der Waals surface area (Å²) in [5.74, 6) is -0.443. The maximum atomic E-state index is 13.3. The number of carbonyl (C=O) groups is 1. The summed E-state index contributed by atoms with van der Waals surface area (Å²) in [4.78, 5) is 13.9. The van der Waals surface area contributed by atoms with E-state index >= 15 is 0 Å². The number of aromatic nitrogens is 2. The lowest BCUT2D eigenvalue weighted by Gasteiger charge is -2.26. The SMILES string of the molecule is Cn1cc(C(=O)N2C[C@@H](O)C[C@@H]2c2ccccc2C(F)(F)F)cn1. The molecule has 1 fully saturated rings. The Labute approximate surface area is 136 Å². The largest absolute Gasteiger partial charge is 0.416 e. The zero-order valence-corrected chi connectivity index (χ0v) is 12.9. The molecule has 3 rings (SSSR count). The van der Waals surface area contributed by atoms with Crippen LogP contribution in [0.5, 0.6) is 0 Å². The Kier molecular flexibility index (Phi) is 4.08. The Balaban J connectivity index is 1.99. The molecule has 0 bridgehead atoms. The summed E-state index contributed by atoms with van der Waals surface area (Å²) in [5, 5.41) is 13.8. The number of aliphatic hydroxyl groups is 1. The van der Waals surface area contributed by atoms with Crippen LogP contribution in [0.3, 0.4) is 0 Å². The predicted molar refractivity (Wildman–Crippen MR) is 79.1 cm³/mol. The Morgan fingerprint density at radius 3 is 2.67 bits per heavy atom. The number of rotatable bonds is 2. The van der Waals surface area contributed by atoms with E-state index in [1.165, 1.54) is 40.2 Å². The van der Waals surface area contributed by atoms with Gasteiger partial charge in [0.2, 0.25) is 0 Å². The van der Waals surface area contributed by atoms with Gasteiger partial charge in [0.15, 0.2) is 0 Å². The van der Waals surface area contributed by atoms with Crippen molar-refractivity contribution < 1.29 is 23.1 Å². The highest BCUT2D eigenvalue weighted by Gasteiger charge is 2.41. The molecule has 0 saturated carbocycles. The van der Waals surface area contributed by atoms with Gasteiger partial charge in [-0.25, -0.2) is 0 Å². The van der Waals surface area contributed by atoms with Gasteiger partial charge in [-0.05, 0) is 18.1 Å². The van der Waals surface area contributed by atoms with Crippen molar-refractivity contribution in [2.45, 2.75) is 24.7 Å². The first-order chi connectivity index (χ1) is 11.3. The maximum absolute atomic E-state index is 13.3. The second-order valence-electron chi connectivity index (χ2n) is 5.85. The summed E-state index contributed by atoms with van der Waals surface area (Å²) in [6.45, 7) is -0.00934. The highest BCUT2D eigenvalue weighted by atomic mass is 19.4. The standard InChI is InChI=1S/C16H16F3N3O2/c1-21-8-10(7-20-21)15(24)22-9-11(23)6-14(22)12-4-2-3-5-13(12)16(17,18)19/h2-5,7-8,11,14,23H,6,9H2,1H3/t11-,14+/m0/s1. The zero-order chi connectivity index (χ0) is 17.5. The summed E-state index contributed by atoms with van der Waals surface area (Å²) in [7, 11) is 1.64. The molecular formula is C16H16F3N3O2. The van der Waals surface area contributed by atoms with Gasteiger partial charge in [0, 0.05) is 19.8 Å². The van der Waals surface area contributed by atoms with Gasteiger partial charge in [-0.15, -0.1) is 0 Å². The van der Waals surface area contributed by atoms with Crippen LogP contribution in [0, 0.1) is 0 Å². The molecule has 2 atom stereocenters. The molecule has 0 unspecified atom stereocenters. The summed E-state index contributed by atoms with van der Waals surface area (Å²) >= 11 is 0. The molecule has 0 spiro atoms. The highest BCUT2D eigenvalue weighted by Crippen LogP contribution is 2.40. The number of carbonyl (C=O) groups excluding carboxylic acids is 1. The zero-order valence-electron chi connectivity index (χ0n) is 12.9. The molecule has 0 radical (unpaired) electrons. The van der Waals surface area contributed by atoms with Gasteiger partial charge in [-0.3, -0.25) is 9.48 Å². The molecule has 1 N–H and O–H groups in total. The van der Waals surface area contributed by atoms with E-state index in [2.05, 4.69) is 5.10 Å². The van der Waals surface area contributed by atoms with E-state index in [0.717, 1.165) is 6.07 Å². The van der Waals surface area contributed by atoms with Gasteiger partial charge in [0.1, 0.15) is 0 Å². The van der Waals surface area contributed by atoms with Crippen molar-refractivity contribution in [1.82, 2.24) is 14.7 Å². The fraction of sp³-hybridized carbons (Fsp3) is 0.375. The van der Waals surface area contributed by atoms with E-state index in [-0.39, 0.29) is 24.1 Å². The van der Waals surface area contributed by atoms with Gasteiger partial charge < -0.3 is 10.0 Å². The molecule has 0 aliphatic carbocycles. The van der Waals surface area contributed by atoms with E-state index in [4.69, 9.17) is 0 Å². The molecule has 1 amide bonds. The molecule has 1 saturated heterocycles. The number of alkyl halides is 3. The van der Waals surface area contributed by atoms with Crippen LogP contribution in [0.1, 0.15) is 33.9 Å². The highest BCUT2D eigenvalue weighted by molar-refractivity contribution is 5.94. The Bertz CT molecular complexity index is 757. The van der Waals surface area contributed by atoms with Crippen LogP contribution < -0.4 is 0 Å². The van der Waals surface area contributed by atoms with E-state index in [1.807, 2.05) is 0 Å². The first-order valence-corrected chi connectivity index (χ1v) is 7.41. The Morgan fingerprint density at radius 1 is 1.33 bits per heavy atom. The normalized spacial score (nSPS) is 21.3. The number of nitrogens with zero attached hydrogens (tertiary/aromatic N) is 3. The van der Waals surface area contributed by atoms with Gasteiger partial charge in [0.05, 0.1) is 29.5 Å². The summed E-state index contributed by atoms with van der Waals surface area (Å²) in [6.07, 6.45) is -2.46. The minimum Gasteiger partial charge on any atom is -0.391 e. The summed E-state index contributed by atoms with van der Waals surface area (Å²) < 4.78 is 41.3. The summed E-state index contributed by atoms with van der Waals surface area (Å²) in [5.41, 5.74) is -0.507. The molecule has 1 aromatic carbocycles. The number of benzene rings is 1. The number of aliphatic hydroxyl groups excluding tert-OH is 1. The van der Waals surface area contributed by atoms with E-state index < -0.39 is 29.8 Å². The van der Waals surface area contributed by atoms with Gasteiger partial charge in [-0.2, -0.15) is 18.3 Å². The molecule has 2 heterocycles. The Morgan fingerprint density at radius 2 is 2.04 bits per heavy atom. The number of hydrogen-bond donors (Lipinski definition) is 1. The van der Waals surface area contributed by atoms with Crippen LogP contribution in [0.25, 0.3) is 0 Å². The molecule has 128 valence electrons. The third-order valence-electron chi connectivity index (χ3n) is 4.12. The van der Waals surface area contributed by atoms with Crippen LogP contribution in [-0.2, 0) is 13.2 Å². The smallest absolute Gasteiger partial charge is 0.391 e. The van der Waals surface area contributed by atoms with Crippen LogP contribution in [0.15, 0.2) is 36.7 Å². The van der Waals surface area contributed by atoms with E-state index in [9.17, 15) is 23.1 Å². The topological polar surface area (TPSA) is 58.4 Å². The lowest BCUT2D eigenvalue weighted by atomic mass is 9.97. The second kappa shape index (κ2) is 5.94. The molecule has 2 aromatic rings. The van der Waals surface area contributed by atoms with Gasteiger partial charge in [-0.1, -0.05) is 18.2 Å². The minimum atomic E-state index is -4.52. The number of aryl methyl sites for hydroxylation is 1. The van der Waals surface area contributed by atoms with Crippen molar-refractivity contribution in [3.63, 3.8) is 0 Å². The van der Waals surface area contributed by atoms with Crippen molar-refractivity contribution >= 4 is 5.91 Å². The average Bonchev–Trinajstić information content (AvgIpc) is 3.12. The first-order valence-electron chi connectivity index (χ1n) is 7.41. The number of amides is 1. The van der Waals surface area contributed by atoms with Gasteiger partial charge >= 0.3 is 6.18 Å². The van der Waals surface area contributed by atoms with Crippen LogP contribution in [0.4, 0.5) is 13.2 Å². The van der Waals surface area contributed by atoms with Crippen LogP contribution in [0.2, 0.25) is 0 Å². The molecule has 1 aliphatic heterocycles. The van der Waals surface area contributed by atoms with Crippen LogP contribution >= 0.6 is 0 Å². The number of halogens is 3. The molecule has 1 aliphatic rings. The lowest BCUT2D eigenvalue weighted by Crippen LogP contribution is -2.32. The van der Waals surface area contributed by atoms with Crippen LogP contribution in [-0.4, -0.2) is 38.3 Å². The Hall–Kier alpha value is -2.35. The number of likely N-dealkylation sites (tertiary alicyclic amines) is 1. The fourth-order valence-corrected chi connectivity index (χ4v) is 3.08. The average molecular weight is 339 g/mol. The monoisotopic (exact) mass is 339 g/mol. The minimum absolute atomic E-state index is 0.00112. The second-order valence-corrected chi connectivity index (χ2v) is 5.85. The maximum Gasteiger partial charge on any atom is 0.416 e. The third-order valence-corrected chi connectivity index (χ3v) is 4.12. The number of hydrogen-bond acceptors (Lipinski definition) is 3. The number of β-amino-alcohol motifs (C(OH)–C–C–N with tert-alkyl or cyclic N) is 1. The third kappa shape index (κ3) is 3.01. The van der Waals surface area contributed by atoms with Crippen molar-refractivity contribution in [2.75, 3.05) is 6.54 Å². The van der Waals surface area contributed by atoms with Crippen molar-refractivity contribution in [3.05, 3.63) is 53.3 Å². The lowest BCUT2D eigenvalue weighted by molar-refractivity contribution is -0.138. The summed E-state index contributed by atoms with van der Waals surface area (Å²) in [6, 6.07) is 4.33. The van der Waals surface area contributed by atoms with Crippen molar-refractivity contribution in [2.24, 2.45) is 7.05 Å². The molecule has 24 heavy (non-hydrogen) atoms. The van der Waals surface area contributed by atoms with E-state index in [1.54, 1.807) is 7.05 Å². The van der Waals surface area contributed by atoms with Gasteiger partial charge in [0.25, 0.3) is 5.91 Å². The molecular weight excluding hydrogens is 323 g/mol.